The van der Waals surface area contributed by atoms with E-state index in [4.69, 9.17) is 0 Å². The first kappa shape index (κ1) is 14.0. The molecule has 0 aliphatic carbocycles. The van der Waals surface area contributed by atoms with Gasteiger partial charge in [0.1, 0.15) is 24.4 Å². The highest BCUT2D eigenvalue weighted by Crippen LogP contribution is 2.23. The second-order valence-electron chi connectivity index (χ2n) is 4.77. The number of rotatable bonds is 4. The van der Waals surface area contributed by atoms with Crippen LogP contribution in [0.3, 0.4) is 0 Å². The molecular formula is C14H18N4O2. The summed E-state index contributed by atoms with van der Waals surface area (Å²) in [4.78, 5) is 17.9. The largest absolute Gasteiger partial charge is 0.508 e. The zero-order chi connectivity index (χ0) is 14.7. The van der Waals surface area contributed by atoms with E-state index in [1.807, 2.05) is 19.1 Å². The van der Waals surface area contributed by atoms with Gasteiger partial charge in [0.05, 0.1) is 6.04 Å². The quantitative estimate of drug-likeness (QED) is 0.922. The molecule has 20 heavy (non-hydrogen) atoms. The monoisotopic (exact) mass is 274 g/mol. The molecule has 0 radical (unpaired) electrons. The van der Waals surface area contributed by atoms with Crippen molar-refractivity contribution in [2.45, 2.75) is 25.9 Å². The van der Waals surface area contributed by atoms with Crippen LogP contribution in [0.25, 0.3) is 0 Å². The predicted molar refractivity (Wildman–Crippen MR) is 74.0 cm³/mol. The number of aromatic nitrogens is 3. The molecule has 1 aromatic carbocycles. The van der Waals surface area contributed by atoms with E-state index in [1.54, 1.807) is 31.0 Å². The van der Waals surface area contributed by atoms with Gasteiger partial charge in [0.2, 0.25) is 5.91 Å². The summed E-state index contributed by atoms with van der Waals surface area (Å²) in [6, 6.07) is 6.36. The highest BCUT2D eigenvalue weighted by molar-refractivity contribution is 5.80. The summed E-state index contributed by atoms with van der Waals surface area (Å²) >= 11 is 0. The Balaban J connectivity index is 2.12. The molecular weight excluding hydrogens is 256 g/mol. The third-order valence-electron chi connectivity index (χ3n) is 3.49. The molecule has 0 spiro atoms. The lowest BCUT2D eigenvalue weighted by Gasteiger charge is -2.28. The number of likely N-dealkylation sites (N-methyl/N-ethyl adjacent to an activating group) is 1. The molecule has 2 rings (SSSR count). The first-order chi connectivity index (χ1) is 9.50. The average molecular weight is 274 g/mol. The van der Waals surface area contributed by atoms with Gasteiger partial charge in [0, 0.05) is 7.05 Å². The number of phenols is 1. The first-order valence-electron chi connectivity index (χ1n) is 6.40. The molecule has 0 fully saturated rings. The zero-order valence-corrected chi connectivity index (χ0v) is 11.8. The number of amides is 1. The average Bonchev–Trinajstić information content (AvgIpc) is 2.99. The van der Waals surface area contributed by atoms with Crippen LogP contribution >= 0.6 is 0 Å². The van der Waals surface area contributed by atoms with Crippen LogP contribution in [0.1, 0.15) is 31.5 Å². The van der Waals surface area contributed by atoms with Crippen molar-refractivity contribution >= 4 is 5.91 Å². The van der Waals surface area contributed by atoms with E-state index in [1.165, 1.54) is 17.3 Å². The van der Waals surface area contributed by atoms with Crippen LogP contribution in [0.2, 0.25) is 0 Å². The van der Waals surface area contributed by atoms with Gasteiger partial charge in [-0.2, -0.15) is 5.10 Å². The summed E-state index contributed by atoms with van der Waals surface area (Å²) in [5.74, 6) is 0.169. The van der Waals surface area contributed by atoms with Crippen LogP contribution in [0.15, 0.2) is 36.9 Å². The Bertz CT molecular complexity index is 565. The lowest BCUT2D eigenvalue weighted by Crippen LogP contribution is -2.35. The van der Waals surface area contributed by atoms with Crippen molar-refractivity contribution in [1.82, 2.24) is 19.7 Å². The van der Waals surface area contributed by atoms with Crippen molar-refractivity contribution in [3.05, 3.63) is 42.5 Å². The molecule has 6 heteroatoms. The van der Waals surface area contributed by atoms with Crippen molar-refractivity contribution in [2.75, 3.05) is 7.05 Å². The van der Waals surface area contributed by atoms with E-state index in [-0.39, 0.29) is 17.7 Å². The van der Waals surface area contributed by atoms with Crippen molar-refractivity contribution < 1.29 is 9.90 Å². The maximum absolute atomic E-state index is 12.4. The minimum absolute atomic E-state index is 0.0453. The molecule has 6 nitrogen and oxygen atoms in total. The Morgan fingerprint density at radius 3 is 2.50 bits per heavy atom. The first-order valence-corrected chi connectivity index (χ1v) is 6.40. The van der Waals surface area contributed by atoms with Crippen molar-refractivity contribution in [2.24, 2.45) is 0 Å². The number of nitrogens with zero attached hydrogens (tertiary/aromatic N) is 4. The van der Waals surface area contributed by atoms with Gasteiger partial charge in [-0.15, -0.1) is 0 Å². The molecule has 0 aliphatic heterocycles. The van der Waals surface area contributed by atoms with Crippen LogP contribution in [-0.2, 0) is 4.79 Å². The highest BCUT2D eigenvalue weighted by Gasteiger charge is 2.24. The molecule has 0 aliphatic rings. The van der Waals surface area contributed by atoms with Gasteiger partial charge in [-0.3, -0.25) is 4.79 Å². The molecule has 106 valence electrons. The molecule has 1 heterocycles. The number of aromatic hydroxyl groups is 1. The van der Waals surface area contributed by atoms with E-state index < -0.39 is 6.04 Å². The summed E-state index contributed by atoms with van der Waals surface area (Å²) in [6.45, 7) is 3.73. The molecule has 2 atom stereocenters. The molecule has 0 saturated carbocycles. The van der Waals surface area contributed by atoms with Crippen molar-refractivity contribution in [3.63, 3.8) is 0 Å². The Morgan fingerprint density at radius 1 is 1.30 bits per heavy atom. The van der Waals surface area contributed by atoms with Gasteiger partial charge in [0.25, 0.3) is 0 Å². The standard InChI is InChI=1S/C14H18N4O2/c1-10(12-4-6-13(19)7-5-12)17(3)14(20)11(2)18-9-15-8-16-18/h4-11,19H,1-3H3. The lowest BCUT2D eigenvalue weighted by molar-refractivity contribution is -0.135. The van der Waals surface area contributed by atoms with E-state index in [2.05, 4.69) is 10.1 Å². The highest BCUT2D eigenvalue weighted by atomic mass is 16.3. The molecule has 0 saturated heterocycles. The van der Waals surface area contributed by atoms with Crippen LogP contribution < -0.4 is 0 Å². The van der Waals surface area contributed by atoms with E-state index in [0.29, 0.717) is 0 Å². The van der Waals surface area contributed by atoms with Crippen LogP contribution in [0, 0.1) is 0 Å². The maximum Gasteiger partial charge on any atom is 0.247 e. The summed E-state index contributed by atoms with van der Waals surface area (Å²) in [5.41, 5.74) is 0.962. The molecule has 2 unspecified atom stereocenters. The number of carbonyl (C=O) groups is 1. The zero-order valence-electron chi connectivity index (χ0n) is 11.8. The van der Waals surface area contributed by atoms with Gasteiger partial charge in [-0.25, -0.2) is 9.67 Å². The molecule has 1 amide bonds. The third kappa shape index (κ3) is 2.79. The summed E-state index contributed by atoms with van der Waals surface area (Å²) in [6.07, 6.45) is 2.94. The fourth-order valence-corrected chi connectivity index (χ4v) is 1.99. The SMILES string of the molecule is CC(c1ccc(O)cc1)N(C)C(=O)C(C)n1cncn1. The molecule has 1 aromatic heterocycles. The van der Waals surface area contributed by atoms with Crippen molar-refractivity contribution in [3.8, 4) is 5.75 Å². The van der Waals surface area contributed by atoms with Gasteiger partial charge in [-0.05, 0) is 31.5 Å². The molecule has 1 N–H and O–H groups in total. The number of phenolic OH excluding ortho intramolecular Hbond substituents is 1. The van der Waals surface area contributed by atoms with E-state index >= 15 is 0 Å². The Morgan fingerprint density at radius 2 is 1.95 bits per heavy atom. The fourth-order valence-electron chi connectivity index (χ4n) is 1.99. The Hall–Kier alpha value is -2.37. The van der Waals surface area contributed by atoms with Crippen LogP contribution in [0.5, 0.6) is 5.75 Å². The second-order valence-corrected chi connectivity index (χ2v) is 4.77. The Labute approximate surface area is 117 Å². The topological polar surface area (TPSA) is 71.2 Å². The predicted octanol–water partition coefficient (Wildman–Crippen LogP) is 1.76. The van der Waals surface area contributed by atoms with Crippen LogP contribution in [-0.4, -0.2) is 37.7 Å². The summed E-state index contributed by atoms with van der Waals surface area (Å²) in [5, 5.41) is 13.3. The van der Waals surface area contributed by atoms with Crippen LogP contribution in [0.4, 0.5) is 0 Å². The summed E-state index contributed by atoms with van der Waals surface area (Å²) < 4.78 is 1.53. The summed E-state index contributed by atoms with van der Waals surface area (Å²) in [7, 11) is 1.76. The smallest absolute Gasteiger partial charge is 0.247 e. The van der Waals surface area contributed by atoms with Crippen molar-refractivity contribution in [1.29, 1.82) is 0 Å². The van der Waals surface area contributed by atoms with Gasteiger partial charge in [0.15, 0.2) is 0 Å². The fraction of sp³-hybridized carbons (Fsp3) is 0.357. The second kappa shape index (κ2) is 5.73. The number of hydrogen-bond acceptors (Lipinski definition) is 4. The number of hydrogen-bond donors (Lipinski definition) is 1. The van der Waals surface area contributed by atoms with E-state index in [0.717, 1.165) is 5.56 Å². The minimum Gasteiger partial charge on any atom is -0.508 e. The minimum atomic E-state index is -0.401. The Kier molecular flexibility index (Phi) is 4.02. The number of carbonyl (C=O) groups excluding carboxylic acids is 1. The maximum atomic E-state index is 12.4. The normalized spacial score (nSPS) is 13.8. The molecule has 0 bridgehead atoms. The van der Waals surface area contributed by atoms with Gasteiger partial charge >= 0.3 is 0 Å². The van der Waals surface area contributed by atoms with Gasteiger partial charge < -0.3 is 10.0 Å². The third-order valence-corrected chi connectivity index (χ3v) is 3.49. The molecule has 2 aromatic rings. The van der Waals surface area contributed by atoms with Gasteiger partial charge in [-0.1, -0.05) is 12.1 Å². The van der Waals surface area contributed by atoms with E-state index in [9.17, 15) is 9.90 Å². The number of benzene rings is 1. The lowest BCUT2D eigenvalue weighted by atomic mass is 10.1.